The summed E-state index contributed by atoms with van der Waals surface area (Å²) < 4.78 is 7.42. The molecule has 0 spiro atoms. The van der Waals surface area contributed by atoms with Gasteiger partial charge in [0.15, 0.2) is 0 Å². The summed E-state index contributed by atoms with van der Waals surface area (Å²) in [5.41, 5.74) is 0. The SMILES string of the molecule is CCn1ccnc1N1CCC(OCC(=O)O)CC1. The maximum absolute atomic E-state index is 10.4. The second-order valence-corrected chi connectivity index (χ2v) is 4.40. The first-order valence-electron chi connectivity index (χ1n) is 6.30. The number of aryl methyl sites for hydroxylation is 1. The van der Waals surface area contributed by atoms with Crippen molar-refractivity contribution in [3.05, 3.63) is 12.4 Å². The van der Waals surface area contributed by atoms with E-state index < -0.39 is 5.97 Å². The Morgan fingerprint density at radius 1 is 1.56 bits per heavy atom. The molecule has 1 fully saturated rings. The van der Waals surface area contributed by atoms with E-state index in [1.165, 1.54) is 0 Å². The highest BCUT2D eigenvalue weighted by Gasteiger charge is 2.22. The number of carboxylic acids is 1. The van der Waals surface area contributed by atoms with Gasteiger partial charge in [-0.15, -0.1) is 0 Å². The van der Waals surface area contributed by atoms with Crippen molar-refractivity contribution >= 4 is 11.9 Å². The predicted molar refractivity (Wildman–Crippen MR) is 66.7 cm³/mol. The zero-order valence-electron chi connectivity index (χ0n) is 10.6. The lowest BCUT2D eigenvalue weighted by Gasteiger charge is -2.32. The van der Waals surface area contributed by atoms with Crippen LogP contribution in [0.5, 0.6) is 0 Å². The molecule has 0 saturated carbocycles. The Bertz CT molecular complexity index is 397. The van der Waals surface area contributed by atoms with E-state index in [0.717, 1.165) is 38.4 Å². The fourth-order valence-corrected chi connectivity index (χ4v) is 2.24. The number of aliphatic carboxylic acids is 1. The Morgan fingerprint density at radius 3 is 2.89 bits per heavy atom. The molecule has 0 atom stereocenters. The Hall–Kier alpha value is -1.56. The second-order valence-electron chi connectivity index (χ2n) is 4.40. The molecular weight excluding hydrogens is 234 g/mol. The Labute approximate surface area is 106 Å². The van der Waals surface area contributed by atoms with Gasteiger partial charge in [0, 0.05) is 32.0 Å². The summed E-state index contributed by atoms with van der Waals surface area (Å²) in [6.45, 7) is 4.52. The number of ether oxygens (including phenoxy) is 1. The van der Waals surface area contributed by atoms with E-state index in [4.69, 9.17) is 9.84 Å². The molecule has 2 rings (SSSR count). The molecule has 0 bridgehead atoms. The molecule has 1 N–H and O–H groups in total. The molecule has 0 unspecified atom stereocenters. The number of carboxylic acid groups (broad SMARTS) is 1. The highest BCUT2D eigenvalue weighted by molar-refractivity contribution is 5.68. The molecule has 0 aromatic carbocycles. The van der Waals surface area contributed by atoms with E-state index in [2.05, 4.69) is 21.4 Å². The Balaban J connectivity index is 1.85. The number of anilines is 1. The second kappa shape index (κ2) is 5.86. The number of hydrogen-bond donors (Lipinski definition) is 1. The van der Waals surface area contributed by atoms with Crippen molar-refractivity contribution in [2.45, 2.75) is 32.4 Å². The summed E-state index contributed by atoms with van der Waals surface area (Å²) in [4.78, 5) is 17.0. The zero-order valence-corrected chi connectivity index (χ0v) is 10.6. The van der Waals surface area contributed by atoms with Gasteiger partial charge < -0.3 is 19.3 Å². The van der Waals surface area contributed by atoms with E-state index in [0.29, 0.717) is 0 Å². The predicted octanol–water partition coefficient (Wildman–Crippen LogP) is 0.973. The standard InChI is InChI=1S/C12H19N3O3/c1-2-14-8-5-13-12(14)15-6-3-10(4-7-15)18-9-11(16)17/h5,8,10H,2-4,6-7,9H2,1H3,(H,16,17). The van der Waals surface area contributed by atoms with E-state index in [-0.39, 0.29) is 12.7 Å². The van der Waals surface area contributed by atoms with Crippen LogP contribution in [0.25, 0.3) is 0 Å². The van der Waals surface area contributed by atoms with Gasteiger partial charge in [-0.1, -0.05) is 0 Å². The normalized spacial score (nSPS) is 17.1. The average molecular weight is 253 g/mol. The van der Waals surface area contributed by atoms with E-state index in [9.17, 15) is 4.79 Å². The molecule has 18 heavy (non-hydrogen) atoms. The number of piperidine rings is 1. The third kappa shape index (κ3) is 3.01. The van der Waals surface area contributed by atoms with Crippen molar-refractivity contribution in [2.75, 3.05) is 24.6 Å². The minimum Gasteiger partial charge on any atom is -0.480 e. The number of nitrogens with zero attached hydrogens (tertiary/aromatic N) is 3. The Kier molecular flexibility index (Phi) is 4.19. The maximum atomic E-state index is 10.4. The van der Waals surface area contributed by atoms with Crippen LogP contribution in [0.1, 0.15) is 19.8 Å². The molecule has 2 heterocycles. The summed E-state index contributed by atoms with van der Waals surface area (Å²) in [6, 6.07) is 0. The van der Waals surface area contributed by atoms with Crippen LogP contribution in [0.2, 0.25) is 0 Å². The summed E-state index contributed by atoms with van der Waals surface area (Å²) >= 11 is 0. The third-order valence-corrected chi connectivity index (χ3v) is 3.20. The van der Waals surface area contributed by atoms with Crippen molar-refractivity contribution in [1.82, 2.24) is 9.55 Å². The zero-order chi connectivity index (χ0) is 13.0. The summed E-state index contributed by atoms with van der Waals surface area (Å²) in [7, 11) is 0. The van der Waals surface area contributed by atoms with Crippen molar-refractivity contribution < 1.29 is 14.6 Å². The van der Waals surface area contributed by atoms with Gasteiger partial charge in [-0.25, -0.2) is 9.78 Å². The fraction of sp³-hybridized carbons (Fsp3) is 0.667. The van der Waals surface area contributed by atoms with Crippen molar-refractivity contribution in [3.63, 3.8) is 0 Å². The van der Waals surface area contributed by atoms with Crippen LogP contribution in [0.4, 0.5) is 5.95 Å². The van der Waals surface area contributed by atoms with Crippen molar-refractivity contribution in [3.8, 4) is 0 Å². The lowest BCUT2D eigenvalue weighted by atomic mass is 10.1. The van der Waals surface area contributed by atoms with Gasteiger partial charge >= 0.3 is 5.97 Å². The number of hydrogen-bond acceptors (Lipinski definition) is 4. The molecule has 100 valence electrons. The molecule has 0 radical (unpaired) electrons. The lowest BCUT2D eigenvalue weighted by molar-refractivity contribution is -0.144. The van der Waals surface area contributed by atoms with Gasteiger partial charge in [0.05, 0.1) is 6.10 Å². The molecule has 6 heteroatoms. The highest BCUT2D eigenvalue weighted by atomic mass is 16.5. The molecule has 1 aliphatic heterocycles. The van der Waals surface area contributed by atoms with Gasteiger partial charge in [-0.05, 0) is 19.8 Å². The van der Waals surface area contributed by atoms with Gasteiger partial charge in [0.1, 0.15) is 6.61 Å². The van der Waals surface area contributed by atoms with Crippen LogP contribution in [0, 0.1) is 0 Å². The molecule has 0 amide bonds. The molecule has 1 aliphatic rings. The largest absolute Gasteiger partial charge is 0.480 e. The first-order valence-corrected chi connectivity index (χ1v) is 6.30. The van der Waals surface area contributed by atoms with Crippen molar-refractivity contribution in [1.29, 1.82) is 0 Å². The van der Waals surface area contributed by atoms with Crippen LogP contribution >= 0.6 is 0 Å². The lowest BCUT2D eigenvalue weighted by Crippen LogP contribution is -2.39. The average Bonchev–Trinajstić information content (AvgIpc) is 2.85. The number of rotatable bonds is 5. The Morgan fingerprint density at radius 2 is 2.28 bits per heavy atom. The van der Waals surface area contributed by atoms with Gasteiger partial charge in [-0.3, -0.25) is 0 Å². The fourth-order valence-electron chi connectivity index (χ4n) is 2.24. The number of imidazole rings is 1. The van der Waals surface area contributed by atoms with E-state index >= 15 is 0 Å². The minimum atomic E-state index is -0.904. The minimum absolute atomic E-state index is 0.0578. The third-order valence-electron chi connectivity index (χ3n) is 3.20. The molecule has 0 aliphatic carbocycles. The molecular formula is C12H19N3O3. The first kappa shape index (κ1) is 12.9. The number of carbonyl (C=O) groups is 1. The van der Waals surface area contributed by atoms with Crippen LogP contribution in [0.15, 0.2) is 12.4 Å². The molecule has 1 aromatic heterocycles. The molecule has 1 aromatic rings. The molecule has 6 nitrogen and oxygen atoms in total. The van der Waals surface area contributed by atoms with Crippen LogP contribution in [-0.2, 0) is 16.1 Å². The van der Waals surface area contributed by atoms with Crippen LogP contribution in [0.3, 0.4) is 0 Å². The maximum Gasteiger partial charge on any atom is 0.329 e. The monoisotopic (exact) mass is 253 g/mol. The van der Waals surface area contributed by atoms with Crippen molar-refractivity contribution in [2.24, 2.45) is 0 Å². The van der Waals surface area contributed by atoms with Gasteiger partial charge in [0.25, 0.3) is 0 Å². The first-order chi connectivity index (χ1) is 8.70. The highest BCUT2D eigenvalue weighted by Crippen LogP contribution is 2.19. The summed E-state index contributed by atoms with van der Waals surface area (Å²) in [5.74, 6) is 0.0909. The van der Waals surface area contributed by atoms with Crippen LogP contribution < -0.4 is 4.90 Å². The summed E-state index contributed by atoms with van der Waals surface area (Å²) in [5, 5.41) is 8.57. The topological polar surface area (TPSA) is 67.6 Å². The smallest absolute Gasteiger partial charge is 0.329 e. The van der Waals surface area contributed by atoms with Gasteiger partial charge in [-0.2, -0.15) is 0 Å². The van der Waals surface area contributed by atoms with Gasteiger partial charge in [0.2, 0.25) is 5.95 Å². The molecule has 1 saturated heterocycles. The number of aromatic nitrogens is 2. The summed E-state index contributed by atoms with van der Waals surface area (Å²) in [6.07, 6.45) is 5.55. The van der Waals surface area contributed by atoms with Crippen LogP contribution in [-0.4, -0.2) is 46.4 Å². The van der Waals surface area contributed by atoms with E-state index in [1.54, 1.807) is 0 Å². The quantitative estimate of drug-likeness (QED) is 0.847. The van der Waals surface area contributed by atoms with E-state index in [1.807, 2.05) is 12.4 Å².